The zero-order valence-electron chi connectivity index (χ0n) is 11.4. The first kappa shape index (κ1) is 14.3. The minimum Gasteiger partial charge on any atom is -0.481 e. The highest BCUT2D eigenvalue weighted by molar-refractivity contribution is 5.78. The number of carboxylic acid groups (broad SMARTS) is 1. The summed E-state index contributed by atoms with van der Waals surface area (Å²) >= 11 is 0. The Balaban J connectivity index is 1.79. The van der Waals surface area contributed by atoms with Crippen LogP contribution in [0, 0.1) is 5.92 Å². The molecule has 2 aliphatic rings. The molecule has 1 unspecified atom stereocenters. The van der Waals surface area contributed by atoms with E-state index in [0.29, 0.717) is 12.3 Å². The van der Waals surface area contributed by atoms with Crippen LogP contribution in [0.4, 0.5) is 0 Å². The molecule has 1 saturated carbocycles. The summed E-state index contributed by atoms with van der Waals surface area (Å²) in [4.78, 5) is 23.0. The molecule has 1 heterocycles. The van der Waals surface area contributed by atoms with Gasteiger partial charge < -0.3 is 15.7 Å². The smallest absolute Gasteiger partial charge is 0.305 e. The van der Waals surface area contributed by atoms with Gasteiger partial charge in [-0.1, -0.05) is 12.8 Å². The van der Waals surface area contributed by atoms with Gasteiger partial charge in [0.25, 0.3) is 0 Å². The quantitative estimate of drug-likeness (QED) is 0.678. The van der Waals surface area contributed by atoms with Gasteiger partial charge in [-0.05, 0) is 44.7 Å². The highest BCUT2D eigenvalue weighted by atomic mass is 16.4. The van der Waals surface area contributed by atoms with Crippen molar-refractivity contribution in [3.63, 3.8) is 0 Å². The number of nitrogens with one attached hydrogen (secondary N) is 2. The molecule has 1 amide bonds. The molecule has 5 heteroatoms. The second-order valence-electron chi connectivity index (χ2n) is 6.00. The van der Waals surface area contributed by atoms with Gasteiger partial charge in [-0.15, -0.1) is 0 Å². The van der Waals surface area contributed by atoms with E-state index in [2.05, 4.69) is 10.6 Å². The molecule has 108 valence electrons. The van der Waals surface area contributed by atoms with Crippen LogP contribution in [0.5, 0.6) is 0 Å². The fourth-order valence-corrected chi connectivity index (χ4v) is 3.34. The van der Waals surface area contributed by atoms with Gasteiger partial charge in [0.15, 0.2) is 0 Å². The van der Waals surface area contributed by atoms with Crippen molar-refractivity contribution in [1.29, 1.82) is 0 Å². The van der Waals surface area contributed by atoms with Gasteiger partial charge in [-0.25, -0.2) is 0 Å². The molecule has 0 spiro atoms. The predicted molar refractivity (Wildman–Crippen MR) is 71.8 cm³/mol. The lowest BCUT2D eigenvalue weighted by Crippen LogP contribution is -2.47. The second-order valence-corrected chi connectivity index (χ2v) is 6.00. The molecular formula is C14H24N2O3. The van der Waals surface area contributed by atoms with Crippen LogP contribution in [0.3, 0.4) is 0 Å². The van der Waals surface area contributed by atoms with Gasteiger partial charge in [-0.2, -0.15) is 0 Å². The second kappa shape index (κ2) is 6.37. The summed E-state index contributed by atoms with van der Waals surface area (Å²) in [6.07, 6.45) is 6.26. The van der Waals surface area contributed by atoms with Crippen LogP contribution in [0.15, 0.2) is 0 Å². The van der Waals surface area contributed by atoms with Crippen molar-refractivity contribution in [2.45, 2.75) is 56.9 Å². The van der Waals surface area contributed by atoms with Crippen LogP contribution in [0.1, 0.15) is 51.4 Å². The van der Waals surface area contributed by atoms with E-state index >= 15 is 0 Å². The van der Waals surface area contributed by atoms with E-state index in [4.69, 9.17) is 5.11 Å². The monoisotopic (exact) mass is 268 g/mol. The highest BCUT2D eigenvalue weighted by Gasteiger charge is 2.37. The molecule has 19 heavy (non-hydrogen) atoms. The van der Waals surface area contributed by atoms with E-state index < -0.39 is 11.5 Å². The van der Waals surface area contributed by atoms with Crippen LogP contribution in [-0.4, -0.2) is 35.6 Å². The number of carbonyl (C=O) groups is 2. The number of amides is 1. The van der Waals surface area contributed by atoms with Crippen LogP contribution in [0.2, 0.25) is 0 Å². The van der Waals surface area contributed by atoms with Gasteiger partial charge in [-0.3, -0.25) is 9.59 Å². The lowest BCUT2D eigenvalue weighted by molar-refractivity contribution is -0.139. The number of aliphatic carboxylic acids is 1. The number of hydrogen-bond acceptors (Lipinski definition) is 3. The minimum atomic E-state index is -0.817. The van der Waals surface area contributed by atoms with E-state index in [1.165, 1.54) is 0 Å². The topological polar surface area (TPSA) is 78.4 Å². The summed E-state index contributed by atoms with van der Waals surface area (Å²) in [5.74, 6) is -0.193. The molecule has 0 bridgehead atoms. The Labute approximate surface area is 114 Å². The Morgan fingerprint density at radius 3 is 2.63 bits per heavy atom. The first-order valence-electron chi connectivity index (χ1n) is 7.33. The summed E-state index contributed by atoms with van der Waals surface area (Å²) in [6.45, 7) is 2.06. The summed E-state index contributed by atoms with van der Waals surface area (Å²) in [5, 5.41) is 15.3. The average molecular weight is 268 g/mol. The first-order chi connectivity index (χ1) is 9.10. The fourth-order valence-electron chi connectivity index (χ4n) is 3.34. The van der Waals surface area contributed by atoms with E-state index in [9.17, 15) is 9.59 Å². The lowest BCUT2D eigenvalue weighted by Gasteiger charge is -2.29. The molecule has 0 aromatic carbocycles. The van der Waals surface area contributed by atoms with E-state index in [1.807, 2.05) is 0 Å². The van der Waals surface area contributed by atoms with Gasteiger partial charge in [0.05, 0.1) is 12.0 Å². The zero-order chi connectivity index (χ0) is 13.7. The Morgan fingerprint density at radius 2 is 2.05 bits per heavy atom. The Bertz CT molecular complexity index is 332. The van der Waals surface area contributed by atoms with Crippen LogP contribution < -0.4 is 10.6 Å². The summed E-state index contributed by atoms with van der Waals surface area (Å²) in [5.41, 5.74) is -0.475. The maximum atomic E-state index is 12.0. The number of carbonyl (C=O) groups excluding carboxylic acids is 1. The third-order valence-electron chi connectivity index (χ3n) is 4.40. The molecule has 0 radical (unpaired) electrons. The molecule has 1 saturated heterocycles. The van der Waals surface area contributed by atoms with Gasteiger partial charge in [0, 0.05) is 6.42 Å². The maximum absolute atomic E-state index is 12.0. The largest absolute Gasteiger partial charge is 0.481 e. The van der Waals surface area contributed by atoms with Crippen molar-refractivity contribution in [2.75, 3.05) is 13.1 Å². The normalized spacial score (nSPS) is 25.4. The molecule has 1 aliphatic heterocycles. The van der Waals surface area contributed by atoms with Crippen molar-refractivity contribution in [2.24, 2.45) is 5.92 Å². The Hall–Kier alpha value is -1.10. The third-order valence-corrected chi connectivity index (χ3v) is 4.40. The van der Waals surface area contributed by atoms with E-state index in [1.54, 1.807) is 0 Å². The van der Waals surface area contributed by atoms with E-state index in [0.717, 1.165) is 51.6 Å². The van der Waals surface area contributed by atoms with Crippen molar-refractivity contribution in [3.8, 4) is 0 Å². The van der Waals surface area contributed by atoms with Crippen LogP contribution in [0.25, 0.3) is 0 Å². The standard InChI is InChI=1S/C14H24N2O3/c17-12(4-3-11-5-8-15-10-11)16-14(9-13(18)19)6-1-2-7-14/h11,15H,1-10H2,(H,16,17)(H,18,19). The molecule has 2 rings (SSSR count). The number of rotatable bonds is 6. The molecule has 1 aliphatic carbocycles. The molecule has 5 nitrogen and oxygen atoms in total. The van der Waals surface area contributed by atoms with Crippen molar-refractivity contribution >= 4 is 11.9 Å². The Kier molecular flexibility index (Phi) is 4.80. The van der Waals surface area contributed by atoms with Crippen LogP contribution >= 0.6 is 0 Å². The SMILES string of the molecule is O=C(O)CC1(NC(=O)CCC2CCNC2)CCCC1. The molecule has 0 aromatic heterocycles. The van der Waals surface area contributed by atoms with Crippen molar-refractivity contribution in [3.05, 3.63) is 0 Å². The summed E-state index contributed by atoms with van der Waals surface area (Å²) in [7, 11) is 0. The van der Waals surface area contributed by atoms with Crippen LogP contribution in [-0.2, 0) is 9.59 Å². The fraction of sp³-hybridized carbons (Fsp3) is 0.857. The van der Waals surface area contributed by atoms with Crippen molar-refractivity contribution < 1.29 is 14.7 Å². The number of hydrogen-bond donors (Lipinski definition) is 3. The minimum absolute atomic E-state index is 0.0232. The van der Waals surface area contributed by atoms with Gasteiger partial charge >= 0.3 is 5.97 Å². The summed E-state index contributed by atoms with van der Waals surface area (Å²) < 4.78 is 0. The lowest BCUT2D eigenvalue weighted by atomic mass is 9.92. The predicted octanol–water partition coefficient (Wildman–Crippen LogP) is 1.28. The molecule has 1 atom stereocenters. The zero-order valence-corrected chi connectivity index (χ0v) is 11.4. The molecular weight excluding hydrogens is 244 g/mol. The number of carboxylic acids is 1. The third kappa shape index (κ3) is 4.20. The molecule has 3 N–H and O–H groups in total. The summed E-state index contributed by atoms with van der Waals surface area (Å²) in [6, 6.07) is 0. The first-order valence-corrected chi connectivity index (χ1v) is 7.33. The average Bonchev–Trinajstić information content (AvgIpc) is 2.97. The van der Waals surface area contributed by atoms with Gasteiger partial charge in [0.2, 0.25) is 5.91 Å². The van der Waals surface area contributed by atoms with E-state index in [-0.39, 0.29) is 12.3 Å². The van der Waals surface area contributed by atoms with Crippen molar-refractivity contribution in [1.82, 2.24) is 10.6 Å². The van der Waals surface area contributed by atoms with Gasteiger partial charge in [0.1, 0.15) is 0 Å². The maximum Gasteiger partial charge on any atom is 0.305 e. The highest BCUT2D eigenvalue weighted by Crippen LogP contribution is 2.32. The molecule has 2 fully saturated rings. The Morgan fingerprint density at radius 1 is 1.32 bits per heavy atom. The molecule has 0 aromatic rings.